The van der Waals surface area contributed by atoms with Crippen LogP contribution in [0.3, 0.4) is 0 Å². The van der Waals surface area contributed by atoms with Crippen LogP contribution in [-0.2, 0) is 32.7 Å². The van der Waals surface area contributed by atoms with E-state index in [-0.39, 0.29) is 12.8 Å². The summed E-state index contributed by atoms with van der Waals surface area (Å²) in [5, 5.41) is 50.1. The molecule has 6 unspecified atom stereocenters. The second-order valence-electron chi connectivity index (χ2n) is 15.5. The monoisotopic (exact) mass is 883 g/mol. The van der Waals surface area contributed by atoms with Crippen LogP contribution in [0.5, 0.6) is 0 Å². The van der Waals surface area contributed by atoms with Crippen LogP contribution in [0.1, 0.15) is 155 Å². The Morgan fingerprint density at radius 2 is 0.934 bits per heavy atom. The number of hydrogen-bond donors (Lipinski definition) is 6. The van der Waals surface area contributed by atoms with Crippen LogP contribution in [0.4, 0.5) is 0 Å². The molecule has 0 amide bonds. The van der Waals surface area contributed by atoms with Crippen LogP contribution in [0, 0.1) is 0 Å². The van der Waals surface area contributed by atoms with Gasteiger partial charge in [-0.2, -0.15) is 0 Å². The minimum atomic E-state index is -5.13. The van der Waals surface area contributed by atoms with Gasteiger partial charge in [-0.05, 0) is 83.5 Å². The number of ether oxygens (including phenoxy) is 2. The van der Waals surface area contributed by atoms with Gasteiger partial charge in [0.1, 0.15) is 43.2 Å². The molecule has 6 atom stereocenters. The first kappa shape index (κ1) is 56.3. The number of phosphoric ester groups is 1. The van der Waals surface area contributed by atoms with Gasteiger partial charge in [-0.3, -0.25) is 18.6 Å². The lowest BCUT2D eigenvalue weighted by molar-refractivity contribution is -0.220. The van der Waals surface area contributed by atoms with Crippen LogP contribution < -0.4 is 0 Å². The number of hydrogen-bond acceptors (Lipinski definition) is 12. The molecule has 0 radical (unpaired) electrons. The zero-order valence-corrected chi connectivity index (χ0v) is 37.8. The van der Waals surface area contributed by atoms with E-state index in [2.05, 4.69) is 86.8 Å². The molecule has 0 aromatic heterocycles. The zero-order chi connectivity index (χ0) is 45.0. The summed E-state index contributed by atoms with van der Waals surface area (Å²) in [6.07, 6.45) is 32.4. The van der Waals surface area contributed by atoms with Gasteiger partial charge in [-0.1, -0.05) is 132 Å². The lowest BCUT2D eigenvalue weighted by atomic mass is 9.85. The summed E-state index contributed by atoms with van der Waals surface area (Å²) in [7, 11) is -5.13. The van der Waals surface area contributed by atoms with Crippen molar-refractivity contribution in [2.45, 2.75) is 198 Å². The fraction of sp³-hybridized carbons (Fsp3) is 0.702. The molecule has 1 aliphatic carbocycles. The maximum Gasteiger partial charge on any atom is 0.472 e. The first-order valence-corrected chi connectivity index (χ1v) is 24.2. The minimum absolute atomic E-state index is 0.0617. The van der Waals surface area contributed by atoms with Crippen molar-refractivity contribution in [3.8, 4) is 0 Å². The van der Waals surface area contributed by atoms with Crippen LogP contribution in [-0.4, -0.2) is 98.3 Å². The average Bonchev–Trinajstić information content (AvgIpc) is 3.24. The van der Waals surface area contributed by atoms with Crippen molar-refractivity contribution in [1.29, 1.82) is 0 Å². The molecule has 61 heavy (non-hydrogen) atoms. The number of unbranched alkanes of at least 4 members (excludes halogenated alkanes) is 12. The van der Waals surface area contributed by atoms with E-state index in [0.717, 1.165) is 96.3 Å². The van der Waals surface area contributed by atoms with E-state index in [4.69, 9.17) is 18.5 Å². The third kappa shape index (κ3) is 29.3. The third-order valence-corrected chi connectivity index (χ3v) is 11.0. The molecule has 0 saturated heterocycles. The Hall–Kier alpha value is -2.71. The van der Waals surface area contributed by atoms with Gasteiger partial charge in [0.05, 0.1) is 6.61 Å². The highest BCUT2D eigenvalue weighted by atomic mass is 31.2. The molecule has 0 aromatic carbocycles. The Morgan fingerprint density at radius 3 is 1.43 bits per heavy atom. The van der Waals surface area contributed by atoms with Gasteiger partial charge >= 0.3 is 19.8 Å². The van der Waals surface area contributed by atoms with Crippen LogP contribution in [0.15, 0.2) is 72.9 Å². The average molecular weight is 883 g/mol. The summed E-state index contributed by atoms with van der Waals surface area (Å²) in [6.45, 7) is 3.11. The first-order valence-electron chi connectivity index (χ1n) is 22.7. The van der Waals surface area contributed by atoms with Gasteiger partial charge in [0.2, 0.25) is 0 Å². The van der Waals surface area contributed by atoms with E-state index < -0.39 is 75.7 Å². The molecule has 1 rings (SSSR count). The number of carbonyl (C=O) groups is 2. The summed E-state index contributed by atoms with van der Waals surface area (Å²) in [4.78, 5) is 35.7. The second-order valence-corrected chi connectivity index (χ2v) is 16.9. The first-order chi connectivity index (χ1) is 29.4. The fourth-order valence-electron chi connectivity index (χ4n) is 6.37. The lowest BCUT2D eigenvalue weighted by Gasteiger charge is -2.41. The number of aliphatic hydroxyl groups excluding tert-OH is 5. The Morgan fingerprint density at radius 1 is 0.525 bits per heavy atom. The molecule has 13 nitrogen and oxygen atoms in total. The molecule has 350 valence electrons. The zero-order valence-electron chi connectivity index (χ0n) is 36.9. The molecule has 0 aromatic rings. The fourth-order valence-corrected chi connectivity index (χ4v) is 7.34. The number of allylic oxidation sites excluding steroid dienone is 12. The summed E-state index contributed by atoms with van der Waals surface area (Å²) in [5.74, 6) is -1.15. The molecule has 1 aliphatic rings. The van der Waals surface area contributed by atoms with Gasteiger partial charge in [-0.25, -0.2) is 4.57 Å². The number of aliphatic hydroxyl groups is 5. The molecule has 14 heteroatoms. The Balaban J connectivity index is 2.51. The normalized spacial score (nSPS) is 22.7. The number of esters is 2. The van der Waals surface area contributed by atoms with E-state index in [9.17, 15) is 44.6 Å². The topological polar surface area (TPSA) is 210 Å². The second kappa shape index (κ2) is 36.7. The number of phosphoric acid groups is 1. The van der Waals surface area contributed by atoms with Crippen LogP contribution in [0.2, 0.25) is 0 Å². The summed E-state index contributed by atoms with van der Waals surface area (Å²) in [5.41, 5.74) is 0. The maximum absolute atomic E-state index is 12.8. The predicted molar refractivity (Wildman–Crippen MR) is 239 cm³/mol. The summed E-state index contributed by atoms with van der Waals surface area (Å²) < 4.78 is 33.5. The Labute approximate surface area is 365 Å². The SMILES string of the molecule is CC/C=C\C/C=C\C/C=C\C/C=C\CCCCCCC(=O)OC(COC(=O)CCCCCCC/C=C\C/C=C\CCCCC)COP(=O)(O)OC1C(O)C(O)C(O)C(O)C1O. The highest BCUT2D eigenvalue weighted by Gasteiger charge is 2.51. The van der Waals surface area contributed by atoms with Crippen molar-refractivity contribution in [3.63, 3.8) is 0 Å². The van der Waals surface area contributed by atoms with Crippen molar-refractivity contribution in [3.05, 3.63) is 72.9 Å². The number of rotatable bonds is 36. The molecule has 0 spiro atoms. The van der Waals surface area contributed by atoms with Gasteiger partial charge in [0, 0.05) is 12.8 Å². The van der Waals surface area contributed by atoms with Crippen molar-refractivity contribution in [1.82, 2.24) is 0 Å². The standard InChI is InChI=1S/C47H79O13P/c1-3-5-7-9-11-13-15-17-19-20-22-24-26-28-30-32-34-36-41(49)59-39(38-58-61(55,56)60-47-45(53)43(51)42(50)44(52)46(47)54)37-57-40(48)35-33-31-29-27-25-23-21-18-16-14-12-10-8-6-4-2/h5,7,11-14,17-19,21-22,24,39,42-47,50-54H,3-4,6,8-10,15-16,20,23,25-38H2,1-2H3,(H,55,56)/b7-5-,13-11-,14-12-,19-17-,21-18-,24-22-. The van der Waals surface area contributed by atoms with E-state index >= 15 is 0 Å². The molecule has 0 bridgehead atoms. The van der Waals surface area contributed by atoms with Crippen LogP contribution >= 0.6 is 7.82 Å². The molecule has 0 heterocycles. The molecular formula is C47H79O13P. The largest absolute Gasteiger partial charge is 0.472 e. The van der Waals surface area contributed by atoms with E-state index in [1.807, 2.05) is 0 Å². The van der Waals surface area contributed by atoms with Gasteiger partial charge in [-0.15, -0.1) is 0 Å². The van der Waals surface area contributed by atoms with Crippen LogP contribution in [0.25, 0.3) is 0 Å². The van der Waals surface area contributed by atoms with E-state index in [0.29, 0.717) is 12.8 Å². The van der Waals surface area contributed by atoms with Crippen molar-refractivity contribution in [2.75, 3.05) is 13.2 Å². The Kier molecular flexibility index (Phi) is 33.9. The summed E-state index contributed by atoms with van der Waals surface area (Å²) >= 11 is 0. The molecule has 6 N–H and O–H groups in total. The number of carbonyl (C=O) groups excluding carboxylic acids is 2. The van der Waals surface area contributed by atoms with Gasteiger partial charge in [0.15, 0.2) is 6.10 Å². The molecular weight excluding hydrogens is 803 g/mol. The molecule has 0 aliphatic heterocycles. The van der Waals surface area contributed by atoms with Gasteiger partial charge < -0.3 is 39.9 Å². The predicted octanol–water partition coefficient (Wildman–Crippen LogP) is 8.72. The van der Waals surface area contributed by atoms with E-state index in [1.54, 1.807) is 0 Å². The highest BCUT2D eigenvalue weighted by Crippen LogP contribution is 2.47. The van der Waals surface area contributed by atoms with Crippen molar-refractivity contribution in [2.24, 2.45) is 0 Å². The smallest absolute Gasteiger partial charge is 0.462 e. The van der Waals surface area contributed by atoms with E-state index in [1.165, 1.54) is 19.3 Å². The summed E-state index contributed by atoms with van der Waals surface area (Å²) in [6, 6.07) is 0. The van der Waals surface area contributed by atoms with Gasteiger partial charge in [0.25, 0.3) is 0 Å². The third-order valence-electron chi connectivity index (χ3n) is 10.0. The van der Waals surface area contributed by atoms with Crippen molar-refractivity contribution >= 4 is 19.8 Å². The van der Waals surface area contributed by atoms with Crippen molar-refractivity contribution < 1.29 is 63.1 Å². The molecule has 1 fully saturated rings. The maximum atomic E-state index is 12.8. The lowest BCUT2D eigenvalue weighted by Crippen LogP contribution is -2.64. The minimum Gasteiger partial charge on any atom is -0.462 e. The highest BCUT2D eigenvalue weighted by molar-refractivity contribution is 7.47. The molecule has 1 saturated carbocycles. The quantitative estimate of drug-likeness (QED) is 0.0151. The Bertz CT molecular complexity index is 1340.